The molecule has 3 amide bonds. The van der Waals surface area contributed by atoms with E-state index >= 15 is 0 Å². The monoisotopic (exact) mass is 326 g/mol. The molecule has 2 aromatic rings. The number of hydrogen-bond donors (Lipinski definition) is 3. The van der Waals surface area contributed by atoms with Gasteiger partial charge in [0.2, 0.25) is 0 Å². The van der Waals surface area contributed by atoms with Gasteiger partial charge in [-0.2, -0.15) is 0 Å². The third-order valence-corrected chi connectivity index (χ3v) is 3.68. The number of nitrogens with one attached hydrogen (secondary N) is 2. The Hall–Kier alpha value is -3.42. The average molecular weight is 326 g/mol. The van der Waals surface area contributed by atoms with Gasteiger partial charge in [-0.3, -0.25) is 29.1 Å². The van der Waals surface area contributed by atoms with Crippen molar-refractivity contribution in [2.75, 3.05) is 12.3 Å². The summed E-state index contributed by atoms with van der Waals surface area (Å²) >= 11 is 0. The van der Waals surface area contributed by atoms with Gasteiger partial charge in [-0.15, -0.1) is 0 Å². The zero-order chi connectivity index (χ0) is 17.4. The first kappa shape index (κ1) is 15.5. The summed E-state index contributed by atoms with van der Waals surface area (Å²) < 4.78 is 1.12. The number of nitrogens with two attached hydrogens (primary N) is 1. The number of nitrogen functional groups attached to an aromatic ring is 1. The lowest BCUT2D eigenvalue weighted by molar-refractivity contribution is 0.0878. The minimum Gasteiger partial charge on any atom is -0.384 e. The summed E-state index contributed by atoms with van der Waals surface area (Å²) in [5.74, 6) is -1.63. The van der Waals surface area contributed by atoms with Crippen LogP contribution in [0.5, 0.6) is 0 Å². The second-order valence-electron chi connectivity index (χ2n) is 5.18. The SMILES string of the molecule is CCNC(=O)c1ccc(-n2c(N)c3c(cc2=O)C(=O)NC3=O)cc1. The molecule has 1 aliphatic rings. The first-order valence-corrected chi connectivity index (χ1v) is 7.24. The molecule has 2 heterocycles. The van der Waals surface area contributed by atoms with Crippen LogP contribution >= 0.6 is 0 Å². The van der Waals surface area contributed by atoms with E-state index in [1.54, 1.807) is 24.3 Å². The smallest absolute Gasteiger partial charge is 0.262 e. The van der Waals surface area contributed by atoms with Crippen LogP contribution in [-0.4, -0.2) is 28.8 Å². The lowest BCUT2D eigenvalue weighted by Crippen LogP contribution is -2.25. The number of aromatic nitrogens is 1. The van der Waals surface area contributed by atoms with E-state index < -0.39 is 17.4 Å². The molecule has 0 fully saturated rings. The van der Waals surface area contributed by atoms with Crippen molar-refractivity contribution in [3.8, 4) is 5.69 Å². The van der Waals surface area contributed by atoms with Crippen LogP contribution in [0.3, 0.4) is 0 Å². The van der Waals surface area contributed by atoms with Gasteiger partial charge in [0.1, 0.15) is 5.82 Å². The number of imide groups is 1. The Labute approximate surface area is 136 Å². The molecule has 1 aromatic carbocycles. The second-order valence-corrected chi connectivity index (χ2v) is 5.18. The number of pyridine rings is 1. The maximum Gasteiger partial charge on any atom is 0.262 e. The fourth-order valence-corrected chi connectivity index (χ4v) is 2.57. The van der Waals surface area contributed by atoms with Crippen molar-refractivity contribution in [1.82, 2.24) is 15.2 Å². The van der Waals surface area contributed by atoms with Gasteiger partial charge in [0.25, 0.3) is 23.3 Å². The molecule has 0 unspecified atom stereocenters. The summed E-state index contributed by atoms with van der Waals surface area (Å²) in [4.78, 5) is 47.5. The first-order chi connectivity index (χ1) is 11.4. The third kappa shape index (κ3) is 2.34. The van der Waals surface area contributed by atoms with Crippen molar-refractivity contribution < 1.29 is 14.4 Å². The highest BCUT2D eigenvalue weighted by Gasteiger charge is 2.31. The summed E-state index contributed by atoms with van der Waals surface area (Å²) in [5.41, 5.74) is 6.17. The highest BCUT2D eigenvalue weighted by molar-refractivity contribution is 6.23. The van der Waals surface area contributed by atoms with Gasteiger partial charge in [-0.05, 0) is 31.2 Å². The van der Waals surface area contributed by atoms with Crippen LogP contribution in [0.25, 0.3) is 5.69 Å². The van der Waals surface area contributed by atoms with Crippen LogP contribution in [0.4, 0.5) is 5.82 Å². The van der Waals surface area contributed by atoms with Crippen LogP contribution in [0.15, 0.2) is 35.1 Å². The minimum atomic E-state index is -0.641. The van der Waals surface area contributed by atoms with Crippen LogP contribution in [0, 0.1) is 0 Å². The van der Waals surface area contributed by atoms with Crippen molar-refractivity contribution in [1.29, 1.82) is 0 Å². The number of benzene rings is 1. The largest absolute Gasteiger partial charge is 0.384 e. The predicted molar refractivity (Wildman–Crippen MR) is 86.3 cm³/mol. The van der Waals surface area contributed by atoms with Crippen LogP contribution < -0.4 is 21.9 Å². The molecule has 1 aromatic heterocycles. The molecule has 3 rings (SSSR count). The van der Waals surface area contributed by atoms with E-state index in [1.807, 2.05) is 6.92 Å². The maximum absolute atomic E-state index is 12.3. The Morgan fingerprint density at radius 3 is 2.46 bits per heavy atom. The number of amides is 3. The molecule has 8 heteroatoms. The molecule has 0 saturated heterocycles. The van der Waals surface area contributed by atoms with E-state index in [0.717, 1.165) is 10.6 Å². The minimum absolute atomic E-state index is 0.0209. The third-order valence-electron chi connectivity index (χ3n) is 3.68. The summed E-state index contributed by atoms with van der Waals surface area (Å²) in [6.07, 6.45) is 0. The van der Waals surface area contributed by atoms with Crippen molar-refractivity contribution in [3.63, 3.8) is 0 Å². The molecule has 0 aliphatic carbocycles. The molecular formula is C16H14N4O4. The number of carbonyl (C=O) groups is 3. The van der Waals surface area contributed by atoms with Crippen molar-refractivity contribution in [2.24, 2.45) is 0 Å². The van der Waals surface area contributed by atoms with Crippen LogP contribution in [0.1, 0.15) is 38.0 Å². The molecule has 4 N–H and O–H groups in total. The van der Waals surface area contributed by atoms with Crippen LogP contribution in [0.2, 0.25) is 0 Å². The van der Waals surface area contributed by atoms with E-state index in [1.165, 1.54) is 0 Å². The molecular weight excluding hydrogens is 312 g/mol. The number of anilines is 1. The number of carbonyl (C=O) groups excluding carboxylic acids is 3. The highest BCUT2D eigenvalue weighted by atomic mass is 16.2. The van der Waals surface area contributed by atoms with Gasteiger partial charge in [0, 0.05) is 18.2 Å². The van der Waals surface area contributed by atoms with Gasteiger partial charge >= 0.3 is 0 Å². The van der Waals surface area contributed by atoms with E-state index in [9.17, 15) is 19.2 Å². The molecule has 0 saturated carbocycles. The molecule has 0 spiro atoms. The molecule has 1 aliphatic heterocycles. The summed E-state index contributed by atoms with van der Waals surface area (Å²) in [6, 6.07) is 7.26. The number of hydrogen-bond acceptors (Lipinski definition) is 5. The molecule has 122 valence electrons. The van der Waals surface area contributed by atoms with Gasteiger partial charge in [-0.1, -0.05) is 0 Å². The average Bonchev–Trinajstić information content (AvgIpc) is 2.82. The van der Waals surface area contributed by atoms with Crippen molar-refractivity contribution in [2.45, 2.75) is 6.92 Å². The highest BCUT2D eigenvalue weighted by Crippen LogP contribution is 2.22. The Morgan fingerprint density at radius 1 is 1.17 bits per heavy atom. The molecule has 0 radical (unpaired) electrons. The van der Waals surface area contributed by atoms with E-state index in [0.29, 0.717) is 17.8 Å². The van der Waals surface area contributed by atoms with Crippen molar-refractivity contribution >= 4 is 23.5 Å². The fourth-order valence-electron chi connectivity index (χ4n) is 2.57. The van der Waals surface area contributed by atoms with E-state index in [2.05, 4.69) is 10.6 Å². The lowest BCUT2D eigenvalue weighted by Gasteiger charge is -2.12. The normalized spacial score (nSPS) is 12.7. The molecule has 8 nitrogen and oxygen atoms in total. The molecule has 0 atom stereocenters. The summed E-state index contributed by atoms with van der Waals surface area (Å²) in [7, 11) is 0. The number of rotatable bonds is 3. The van der Waals surface area contributed by atoms with Crippen LogP contribution in [-0.2, 0) is 0 Å². The molecule has 24 heavy (non-hydrogen) atoms. The zero-order valence-electron chi connectivity index (χ0n) is 12.8. The fraction of sp³-hybridized carbons (Fsp3) is 0.125. The Balaban J connectivity index is 2.10. The topological polar surface area (TPSA) is 123 Å². The Bertz CT molecular complexity index is 928. The Morgan fingerprint density at radius 2 is 1.83 bits per heavy atom. The standard InChI is InChI=1S/C16H14N4O4/c1-2-18-14(22)8-3-5-9(6-4-8)20-11(21)7-10-12(13(20)17)16(24)19-15(10)23/h3-7H,2,17H2,1H3,(H,18,22)(H,19,23,24). The quantitative estimate of drug-likeness (QED) is 0.688. The van der Waals surface area contributed by atoms with Gasteiger partial charge in [0.05, 0.1) is 16.8 Å². The number of nitrogens with zero attached hydrogens (tertiary/aromatic N) is 1. The zero-order valence-corrected chi connectivity index (χ0v) is 12.8. The van der Waals surface area contributed by atoms with Gasteiger partial charge in [0.15, 0.2) is 0 Å². The van der Waals surface area contributed by atoms with Gasteiger partial charge in [-0.25, -0.2) is 0 Å². The van der Waals surface area contributed by atoms with Gasteiger partial charge < -0.3 is 11.1 Å². The van der Waals surface area contributed by atoms with E-state index in [-0.39, 0.29) is 22.9 Å². The summed E-state index contributed by atoms with van der Waals surface area (Å²) in [6.45, 7) is 2.31. The molecule has 0 bridgehead atoms. The Kier molecular flexibility index (Phi) is 3.64. The predicted octanol–water partition coefficient (Wildman–Crippen LogP) is 0.0530. The maximum atomic E-state index is 12.3. The number of fused-ring (bicyclic) bond motifs is 1. The lowest BCUT2D eigenvalue weighted by atomic mass is 10.1. The van der Waals surface area contributed by atoms with Crippen molar-refractivity contribution in [3.05, 3.63) is 57.4 Å². The first-order valence-electron chi connectivity index (χ1n) is 7.24. The summed E-state index contributed by atoms with van der Waals surface area (Å²) in [5, 5.41) is 4.77. The second kappa shape index (κ2) is 5.65. The van der Waals surface area contributed by atoms with E-state index in [4.69, 9.17) is 5.73 Å².